The van der Waals surface area contributed by atoms with E-state index in [0.29, 0.717) is 12.3 Å². The molecule has 1 N–H and O–H groups in total. The molecule has 0 saturated carbocycles. The molecule has 2 heterocycles. The van der Waals surface area contributed by atoms with Gasteiger partial charge in [0.15, 0.2) is 9.84 Å². The summed E-state index contributed by atoms with van der Waals surface area (Å²) in [7, 11) is -0.891. The first-order chi connectivity index (χ1) is 7.57. The van der Waals surface area contributed by atoms with Gasteiger partial charge >= 0.3 is 0 Å². The number of hydrogen-bond donors (Lipinski definition) is 1. The number of nitrogens with one attached hydrogen (secondary N) is 1. The first-order valence-electron chi connectivity index (χ1n) is 5.47. The molecule has 0 spiro atoms. The summed E-state index contributed by atoms with van der Waals surface area (Å²) in [5.74, 6) is 1.54. The normalized spacial score (nSPS) is 24.4. The fraction of sp³-hybridized carbons (Fsp3) is 0.700. The van der Waals surface area contributed by atoms with Crippen LogP contribution < -0.4 is 5.32 Å². The quantitative estimate of drug-likeness (QED) is 0.817. The van der Waals surface area contributed by atoms with Gasteiger partial charge in [-0.2, -0.15) is 0 Å². The zero-order valence-corrected chi connectivity index (χ0v) is 10.2. The van der Waals surface area contributed by atoms with Crippen molar-refractivity contribution in [1.29, 1.82) is 0 Å². The van der Waals surface area contributed by atoms with E-state index in [1.807, 2.05) is 17.8 Å². The highest BCUT2D eigenvalue weighted by atomic mass is 32.2. The van der Waals surface area contributed by atoms with Gasteiger partial charge in [0, 0.05) is 25.5 Å². The average Bonchev–Trinajstić information content (AvgIpc) is 2.60. The number of sulfone groups is 1. The maximum absolute atomic E-state index is 11.4. The van der Waals surface area contributed by atoms with Crippen LogP contribution in [0.5, 0.6) is 0 Å². The number of hydrogen-bond acceptors (Lipinski definition) is 4. The molecule has 5 nitrogen and oxygen atoms in total. The topological polar surface area (TPSA) is 64.0 Å². The number of aryl methyl sites for hydroxylation is 1. The molecule has 0 aliphatic carbocycles. The molecule has 0 aromatic carbocycles. The van der Waals surface area contributed by atoms with E-state index in [0.717, 1.165) is 18.7 Å². The Morgan fingerprint density at radius 2 is 2.44 bits per heavy atom. The van der Waals surface area contributed by atoms with Crippen LogP contribution in [-0.2, 0) is 23.4 Å². The molecule has 2 rings (SSSR count). The van der Waals surface area contributed by atoms with E-state index in [4.69, 9.17) is 0 Å². The number of nitrogens with zero attached hydrogens (tertiary/aromatic N) is 2. The van der Waals surface area contributed by atoms with Gasteiger partial charge in [-0.15, -0.1) is 0 Å². The largest absolute Gasteiger partial charge is 0.337 e. The summed E-state index contributed by atoms with van der Waals surface area (Å²) in [6, 6.07) is 0.0791. The lowest BCUT2D eigenvalue weighted by Crippen LogP contribution is -2.40. The lowest BCUT2D eigenvalue weighted by atomic mass is 10.2. The van der Waals surface area contributed by atoms with Crippen molar-refractivity contribution >= 4 is 9.84 Å². The van der Waals surface area contributed by atoms with Crippen molar-refractivity contribution in [2.75, 3.05) is 11.5 Å². The van der Waals surface area contributed by atoms with Gasteiger partial charge in [-0.1, -0.05) is 0 Å². The van der Waals surface area contributed by atoms with Gasteiger partial charge < -0.3 is 9.88 Å². The second-order valence-corrected chi connectivity index (χ2v) is 6.52. The Morgan fingerprint density at radius 3 is 3.06 bits per heavy atom. The smallest absolute Gasteiger partial charge is 0.151 e. The van der Waals surface area contributed by atoms with Crippen LogP contribution in [0.3, 0.4) is 0 Å². The van der Waals surface area contributed by atoms with Crippen LogP contribution in [0.2, 0.25) is 0 Å². The maximum atomic E-state index is 11.4. The SMILES string of the molecule is Cn1ccnc1CNC1CCCS(=O)(=O)C1. The van der Waals surface area contributed by atoms with E-state index in [2.05, 4.69) is 10.3 Å². The van der Waals surface area contributed by atoms with Crippen molar-refractivity contribution in [3.05, 3.63) is 18.2 Å². The van der Waals surface area contributed by atoms with Crippen molar-refractivity contribution in [3.63, 3.8) is 0 Å². The molecule has 1 aliphatic heterocycles. The molecule has 90 valence electrons. The van der Waals surface area contributed by atoms with E-state index >= 15 is 0 Å². The van der Waals surface area contributed by atoms with Gasteiger partial charge in [0.2, 0.25) is 0 Å². The third kappa shape index (κ3) is 2.82. The Morgan fingerprint density at radius 1 is 1.62 bits per heavy atom. The summed E-state index contributed by atoms with van der Waals surface area (Å²) in [5, 5.41) is 3.26. The summed E-state index contributed by atoms with van der Waals surface area (Å²) in [4.78, 5) is 4.19. The van der Waals surface area contributed by atoms with Crippen LogP contribution in [0.25, 0.3) is 0 Å². The Bertz CT molecular complexity index is 452. The highest BCUT2D eigenvalue weighted by Crippen LogP contribution is 2.12. The Labute approximate surface area is 95.8 Å². The van der Waals surface area contributed by atoms with E-state index in [-0.39, 0.29) is 11.8 Å². The first-order valence-corrected chi connectivity index (χ1v) is 7.29. The van der Waals surface area contributed by atoms with Crippen LogP contribution in [-0.4, -0.2) is 35.5 Å². The molecule has 1 saturated heterocycles. The molecule has 6 heteroatoms. The highest BCUT2D eigenvalue weighted by molar-refractivity contribution is 7.91. The Hall–Kier alpha value is -0.880. The minimum absolute atomic E-state index is 0.0791. The van der Waals surface area contributed by atoms with E-state index < -0.39 is 9.84 Å². The molecule has 1 aromatic rings. The number of rotatable bonds is 3. The standard InChI is InChI=1S/C10H17N3O2S/c1-13-5-4-11-10(13)7-12-9-3-2-6-16(14,15)8-9/h4-5,9,12H,2-3,6-8H2,1H3. The summed E-state index contributed by atoms with van der Waals surface area (Å²) >= 11 is 0. The Kier molecular flexibility index (Phi) is 3.30. The third-order valence-electron chi connectivity index (χ3n) is 2.93. The van der Waals surface area contributed by atoms with Crippen LogP contribution in [0.15, 0.2) is 12.4 Å². The van der Waals surface area contributed by atoms with Crippen molar-refractivity contribution in [1.82, 2.24) is 14.9 Å². The summed E-state index contributed by atoms with van der Waals surface area (Å²) in [6.45, 7) is 0.629. The van der Waals surface area contributed by atoms with Crippen molar-refractivity contribution in [2.45, 2.75) is 25.4 Å². The van der Waals surface area contributed by atoms with Crippen LogP contribution in [0, 0.1) is 0 Å². The number of imidazole rings is 1. The van der Waals surface area contributed by atoms with Gasteiger partial charge in [-0.3, -0.25) is 0 Å². The molecule has 1 aromatic heterocycles. The van der Waals surface area contributed by atoms with Gasteiger partial charge in [0.25, 0.3) is 0 Å². The average molecular weight is 243 g/mol. The first kappa shape index (κ1) is 11.6. The highest BCUT2D eigenvalue weighted by Gasteiger charge is 2.24. The lowest BCUT2D eigenvalue weighted by molar-refractivity contribution is 0.470. The molecule has 1 unspecified atom stereocenters. The van der Waals surface area contributed by atoms with Crippen LogP contribution in [0.1, 0.15) is 18.7 Å². The summed E-state index contributed by atoms with van der Waals surface area (Å²) in [6.07, 6.45) is 5.33. The number of aromatic nitrogens is 2. The van der Waals surface area contributed by atoms with Crippen molar-refractivity contribution in [3.8, 4) is 0 Å². The summed E-state index contributed by atoms with van der Waals surface area (Å²) < 4.78 is 24.8. The second-order valence-electron chi connectivity index (χ2n) is 4.29. The minimum Gasteiger partial charge on any atom is -0.337 e. The molecule has 1 atom stereocenters. The summed E-state index contributed by atoms with van der Waals surface area (Å²) in [5.41, 5.74) is 0. The molecule has 0 radical (unpaired) electrons. The molecular formula is C10H17N3O2S. The second kappa shape index (κ2) is 4.55. The molecule has 1 aliphatic rings. The third-order valence-corrected chi connectivity index (χ3v) is 4.75. The predicted molar refractivity (Wildman–Crippen MR) is 61.7 cm³/mol. The van der Waals surface area contributed by atoms with Gasteiger partial charge in [0.1, 0.15) is 5.82 Å². The lowest BCUT2D eigenvalue weighted by Gasteiger charge is -2.22. The van der Waals surface area contributed by atoms with Gasteiger partial charge in [-0.25, -0.2) is 13.4 Å². The van der Waals surface area contributed by atoms with Crippen LogP contribution >= 0.6 is 0 Å². The maximum Gasteiger partial charge on any atom is 0.151 e. The minimum atomic E-state index is -2.82. The molecule has 16 heavy (non-hydrogen) atoms. The van der Waals surface area contributed by atoms with Gasteiger partial charge in [-0.05, 0) is 12.8 Å². The molecular weight excluding hydrogens is 226 g/mol. The van der Waals surface area contributed by atoms with Crippen molar-refractivity contribution in [2.24, 2.45) is 7.05 Å². The van der Waals surface area contributed by atoms with Crippen molar-refractivity contribution < 1.29 is 8.42 Å². The predicted octanol–water partition coefficient (Wildman–Crippen LogP) is 0.0869. The van der Waals surface area contributed by atoms with Gasteiger partial charge in [0.05, 0.1) is 18.1 Å². The zero-order chi connectivity index (χ0) is 11.6. The fourth-order valence-corrected chi connectivity index (χ4v) is 3.66. The van der Waals surface area contributed by atoms with E-state index in [9.17, 15) is 8.42 Å². The molecule has 0 bridgehead atoms. The fourth-order valence-electron chi connectivity index (χ4n) is 1.99. The van der Waals surface area contributed by atoms with E-state index in [1.165, 1.54) is 0 Å². The van der Waals surface area contributed by atoms with E-state index in [1.54, 1.807) is 6.20 Å². The monoisotopic (exact) mass is 243 g/mol. The zero-order valence-electron chi connectivity index (χ0n) is 9.39. The molecule has 1 fully saturated rings. The van der Waals surface area contributed by atoms with Crippen LogP contribution in [0.4, 0.5) is 0 Å². The Balaban J connectivity index is 1.89. The molecule has 0 amide bonds.